The zero-order valence-corrected chi connectivity index (χ0v) is 14.5. The van der Waals surface area contributed by atoms with Crippen molar-refractivity contribution in [3.05, 3.63) is 59.4 Å². The highest BCUT2D eigenvalue weighted by Gasteiger charge is 2.26. The van der Waals surface area contributed by atoms with Gasteiger partial charge in [0.05, 0.1) is 11.5 Å². The van der Waals surface area contributed by atoms with Crippen molar-refractivity contribution in [2.75, 3.05) is 20.3 Å². The van der Waals surface area contributed by atoms with Crippen LogP contribution in [0.25, 0.3) is 0 Å². The minimum absolute atomic E-state index is 0.293. The number of rotatable bonds is 7. The normalized spacial score (nSPS) is 11.8. The van der Waals surface area contributed by atoms with Crippen LogP contribution < -0.4 is 0 Å². The van der Waals surface area contributed by atoms with Gasteiger partial charge in [-0.05, 0) is 48.7 Å². The molecule has 124 valence electrons. The quantitative estimate of drug-likeness (QED) is 0.781. The second kappa shape index (κ2) is 7.68. The van der Waals surface area contributed by atoms with Gasteiger partial charge in [-0.25, -0.2) is 8.42 Å². The molecule has 0 unspecified atom stereocenters. The number of methoxy groups -OCH3 is 1. The van der Waals surface area contributed by atoms with Crippen LogP contribution in [0.4, 0.5) is 0 Å². The molecule has 0 radical (unpaired) electrons. The van der Waals surface area contributed by atoms with Gasteiger partial charge in [0.25, 0.3) is 0 Å². The summed E-state index contributed by atoms with van der Waals surface area (Å²) in [4.78, 5) is 4.32. The lowest BCUT2D eigenvalue weighted by Gasteiger charge is -2.23. The molecule has 0 aliphatic carbocycles. The number of hydrogen-bond acceptors (Lipinski definition) is 4. The number of benzene rings is 1. The maximum atomic E-state index is 13.1. The first-order valence-electron chi connectivity index (χ1n) is 7.40. The number of aromatic nitrogens is 1. The predicted octanol–water partition coefficient (Wildman–Crippen LogP) is 2.54. The third-order valence-electron chi connectivity index (χ3n) is 3.61. The number of nitrogens with zero attached hydrogens (tertiary/aromatic N) is 2. The summed E-state index contributed by atoms with van der Waals surface area (Å²) in [7, 11) is -2.03. The van der Waals surface area contributed by atoms with Gasteiger partial charge >= 0.3 is 0 Å². The summed E-state index contributed by atoms with van der Waals surface area (Å²) in [6.07, 6.45) is 3.32. The third-order valence-corrected chi connectivity index (χ3v) is 5.60. The van der Waals surface area contributed by atoms with Crippen molar-refractivity contribution in [3.63, 3.8) is 0 Å². The highest BCUT2D eigenvalue weighted by atomic mass is 32.2. The molecule has 0 aliphatic rings. The van der Waals surface area contributed by atoms with Gasteiger partial charge < -0.3 is 4.74 Å². The van der Waals surface area contributed by atoms with E-state index in [-0.39, 0.29) is 0 Å². The predicted molar refractivity (Wildman–Crippen MR) is 89.6 cm³/mol. The zero-order valence-electron chi connectivity index (χ0n) is 13.7. The average Bonchev–Trinajstić information content (AvgIpc) is 2.54. The van der Waals surface area contributed by atoms with Crippen molar-refractivity contribution in [3.8, 4) is 0 Å². The molecule has 0 amide bonds. The van der Waals surface area contributed by atoms with E-state index in [1.165, 1.54) is 4.31 Å². The molecule has 5 nitrogen and oxygen atoms in total. The highest BCUT2D eigenvalue weighted by Crippen LogP contribution is 2.22. The van der Waals surface area contributed by atoms with Crippen molar-refractivity contribution in [1.29, 1.82) is 0 Å². The molecule has 2 rings (SSSR count). The first kappa shape index (κ1) is 17.6. The minimum Gasteiger partial charge on any atom is -0.383 e. The van der Waals surface area contributed by atoms with Crippen molar-refractivity contribution in [2.24, 2.45) is 0 Å². The minimum atomic E-state index is -3.59. The van der Waals surface area contributed by atoms with E-state index in [1.807, 2.05) is 38.1 Å². The average molecular weight is 334 g/mol. The fourth-order valence-corrected chi connectivity index (χ4v) is 4.02. The molecule has 1 aromatic carbocycles. The molecule has 0 fully saturated rings. The summed E-state index contributed by atoms with van der Waals surface area (Å²) in [6.45, 7) is 4.64. The van der Waals surface area contributed by atoms with E-state index < -0.39 is 10.0 Å². The Morgan fingerprint density at radius 1 is 1.13 bits per heavy atom. The van der Waals surface area contributed by atoms with E-state index >= 15 is 0 Å². The molecular weight excluding hydrogens is 312 g/mol. The lowest BCUT2D eigenvalue weighted by Crippen LogP contribution is -2.34. The van der Waals surface area contributed by atoms with Gasteiger partial charge in [-0.1, -0.05) is 12.1 Å². The highest BCUT2D eigenvalue weighted by molar-refractivity contribution is 7.89. The Bertz CT molecular complexity index is 746. The summed E-state index contributed by atoms with van der Waals surface area (Å²) in [5, 5.41) is 0. The van der Waals surface area contributed by atoms with E-state index in [4.69, 9.17) is 4.74 Å². The van der Waals surface area contributed by atoms with Crippen LogP contribution >= 0.6 is 0 Å². The number of hydrogen-bond donors (Lipinski definition) is 0. The summed E-state index contributed by atoms with van der Waals surface area (Å²) >= 11 is 0. The molecule has 1 aromatic heterocycles. The number of sulfonamides is 1. The number of aryl methyl sites for hydroxylation is 2. The molecule has 0 aliphatic heterocycles. The fourth-order valence-electron chi connectivity index (χ4n) is 2.29. The Morgan fingerprint density at radius 2 is 1.83 bits per heavy atom. The van der Waals surface area contributed by atoms with E-state index in [0.717, 1.165) is 16.7 Å². The van der Waals surface area contributed by atoms with Gasteiger partial charge in [0.1, 0.15) is 0 Å². The van der Waals surface area contributed by atoms with Crippen LogP contribution in [-0.2, 0) is 21.3 Å². The van der Waals surface area contributed by atoms with E-state index in [2.05, 4.69) is 4.98 Å². The summed E-state index contributed by atoms with van der Waals surface area (Å²) in [5.74, 6) is 0. The number of ether oxygens (including phenoxy) is 1. The van der Waals surface area contributed by atoms with Crippen molar-refractivity contribution < 1.29 is 13.2 Å². The Morgan fingerprint density at radius 3 is 2.48 bits per heavy atom. The number of pyridine rings is 1. The Hall–Kier alpha value is -1.76. The second-order valence-electron chi connectivity index (χ2n) is 5.46. The van der Waals surface area contributed by atoms with E-state index in [9.17, 15) is 8.42 Å². The van der Waals surface area contributed by atoms with Crippen molar-refractivity contribution in [1.82, 2.24) is 9.29 Å². The molecule has 23 heavy (non-hydrogen) atoms. The lowest BCUT2D eigenvalue weighted by atomic mass is 10.2. The largest absolute Gasteiger partial charge is 0.383 e. The van der Waals surface area contributed by atoms with Crippen LogP contribution in [0.5, 0.6) is 0 Å². The summed E-state index contributed by atoms with van der Waals surface area (Å²) < 4.78 is 32.7. The van der Waals surface area contributed by atoms with Crippen LogP contribution in [0.1, 0.15) is 16.7 Å². The molecule has 0 N–H and O–H groups in total. The Labute approximate surface area is 138 Å². The van der Waals surface area contributed by atoms with Crippen LogP contribution in [0.2, 0.25) is 0 Å². The van der Waals surface area contributed by atoms with Crippen LogP contribution in [-0.4, -0.2) is 38.0 Å². The van der Waals surface area contributed by atoms with Gasteiger partial charge in [0, 0.05) is 32.6 Å². The smallest absolute Gasteiger partial charge is 0.243 e. The first-order valence-corrected chi connectivity index (χ1v) is 8.84. The first-order chi connectivity index (χ1) is 10.9. The van der Waals surface area contributed by atoms with Gasteiger partial charge in [0.2, 0.25) is 10.0 Å². The van der Waals surface area contributed by atoms with Crippen LogP contribution in [0.3, 0.4) is 0 Å². The summed E-state index contributed by atoms with van der Waals surface area (Å²) in [5.41, 5.74) is 2.56. The van der Waals surface area contributed by atoms with Crippen LogP contribution in [0.15, 0.2) is 47.6 Å². The maximum absolute atomic E-state index is 13.1. The topological polar surface area (TPSA) is 59.5 Å². The van der Waals surface area contributed by atoms with Crippen molar-refractivity contribution in [2.45, 2.75) is 25.3 Å². The standard InChI is InChI=1S/C17H22N2O3S/c1-14-4-5-15(2)17(12-14)23(20,21)19(10-11-22-3)13-16-6-8-18-9-7-16/h4-9,12H,10-11,13H2,1-3H3. The Balaban J connectivity index is 2.38. The zero-order chi connectivity index (χ0) is 16.9. The van der Waals surface area contributed by atoms with Gasteiger partial charge in [0.15, 0.2) is 0 Å². The third kappa shape index (κ3) is 4.37. The lowest BCUT2D eigenvalue weighted by molar-refractivity contribution is 0.177. The van der Waals surface area contributed by atoms with Crippen molar-refractivity contribution >= 4 is 10.0 Å². The van der Waals surface area contributed by atoms with Gasteiger partial charge in [-0.3, -0.25) is 4.98 Å². The molecule has 0 saturated heterocycles. The summed E-state index contributed by atoms with van der Waals surface area (Å²) in [6, 6.07) is 9.10. The van der Waals surface area contributed by atoms with Gasteiger partial charge in [-0.2, -0.15) is 4.31 Å². The maximum Gasteiger partial charge on any atom is 0.243 e. The molecule has 0 atom stereocenters. The SMILES string of the molecule is COCCN(Cc1ccncc1)S(=O)(=O)c1cc(C)ccc1C. The second-order valence-corrected chi connectivity index (χ2v) is 7.36. The fraction of sp³-hybridized carbons (Fsp3) is 0.353. The molecule has 0 bridgehead atoms. The molecule has 6 heteroatoms. The molecule has 2 aromatic rings. The molecule has 1 heterocycles. The van der Waals surface area contributed by atoms with Crippen LogP contribution in [0, 0.1) is 13.8 Å². The molecular formula is C17H22N2O3S. The van der Waals surface area contributed by atoms with Gasteiger partial charge in [-0.15, -0.1) is 0 Å². The van der Waals surface area contributed by atoms with E-state index in [1.54, 1.807) is 25.6 Å². The Kier molecular flexibility index (Phi) is 5.87. The van der Waals surface area contributed by atoms with E-state index in [0.29, 0.717) is 24.6 Å². The molecule has 0 saturated carbocycles. The molecule has 0 spiro atoms. The monoisotopic (exact) mass is 334 g/mol.